The smallest absolute Gasteiger partial charge is 0.281 e. The molecule has 0 atom stereocenters. The highest BCUT2D eigenvalue weighted by Crippen LogP contribution is 2.25. The molecule has 1 amide bonds. The first-order valence-electron chi connectivity index (χ1n) is 7.17. The van der Waals surface area contributed by atoms with Gasteiger partial charge in [-0.2, -0.15) is 0 Å². The molecule has 0 aromatic heterocycles. The van der Waals surface area contributed by atoms with Crippen molar-refractivity contribution in [1.29, 1.82) is 0 Å². The van der Waals surface area contributed by atoms with Crippen molar-refractivity contribution < 1.29 is 9.53 Å². The molecule has 2 aromatic carbocycles. The van der Waals surface area contributed by atoms with Gasteiger partial charge in [0.15, 0.2) is 5.11 Å². The van der Waals surface area contributed by atoms with E-state index in [0.717, 1.165) is 22.6 Å². The van der Waals surface area contributed by atoms with Crippen LogP contribution in [0.4, 0.5) is 5.69 Å². The van der Waals surface area contributed by atoms with E-state index in [1.54, 1.807) is 13.2 Å². The Hall–Kier alpha value is -2.66. The van der Waals surface area contributed by atoms with Crippen molar-refractivity contribution in [2.75, 3.05) is 12.0 Å². The number of hydrogen-bond donors (Lipinski definition) is 1. The minimum Gasteiger partial charge on any atom is -0.497 e. The molecule has 0 spiro atoms. The number of ether oxygens (including phenoxy) is 1. The lowest BCUT2D eigenvalue weighted by Crippen LogP contribution is -2.30. The van der Waals surface area contributed by atoms with Gasteiger partial charge in [-0.05, 0) is 54.5 Å². The molecular weight excluding hydrogens is 308 g/mol. The lowest BCUT2D eigenvalue weighted by atomic mass is 10.1. The molecule has 1 fully saturated rings. The number of para-hydroxylation sites is 1. The van der Waals surface area contributed by atoms with Crippen LogP contribution in [0.15, 0.2) is 54.2 Å². The van der Waals surface area contributed by atoms with Gasteiger partial charge in [0, 0.05) is 0 Å². The zero-order valence-corrected chi connectivity index (χ0v) is 13.7. The minimum atomic E-state index is -0.153. The average molecular weight is 324 g/mol. The first-order chi connectivity index (χ1) is 11.1. The number of rotatable bonds is 3. The number of benzene rings is 2. The number of amides is 1. The van der Waals surface area contributed by atoms with E-state index in [1.165, 1.54) is 4.90 Å². The molecule has 0 unspecified atom stereocenters. The second-order valence-electron chi connectivity index (χ2n) is 5.19. The maximum atomic E-state index is 12.7. The van der Waals surface area contributed by atoms with Crippen LogP contribution in [0.25, 0.3) is 6.08 Å². The summed E-state index contributed by atoms with van der Waals surface area (Å²) in [6.45, 7) is 1.95. The van der Waals surface area contributed by atoms with Crippen LogP contribution in [0.1, 0.15) is 11.1 Å². The third kappa shape index (κ3) is 2.96. The second kappa shape index (κ2) is 6.22. The van der Waals surface area contributed by atoms with E-state index in [4.69, 9.17) is 17.0 Å². The Morgan fingerprint density at radius 1 is 1.13 bits per heavy atom. The fourth-order valence-corrected chi connectivity index (χ4v) is 2.73. The first kappa shape index (κ1) is 15.2. The summed E-state index contributed by atoms with van der Waals surface area (Å²) in [6.07, 6.45) is 1.78. The van der Waals surface area contributed by atoms with Crippen molar-refractivity contribution >= 4 is 35.0 Å². The van der Waals surface area contributed by atoms with Gasteiger partial charge in [-0.15, -0.1) is 0 Å². The minimum absolute atomic E-state index is 0.153. The third-order valence-corrected chi connectivity index (χ3v) is 3.95. The molecule has 116 valence electrons. The van der Waals surface area contributed by atoms with Crippen LogP contribution in [0, 0.1) is 6.92 Å². The molecular formula is C18H16N2O2S. The number of anilines is 1. The van der Waals surface area contributed by atoms with Crippen molar-refractivity contribution in [3.05, 3.63) is 65.4 Å². The van der Waals surface area contributed by atoms with Crippen LogP contribution in [0.2, 0.25) is 0 Å². The monoisotopic (exact) mass is 324 g/mol. The zero-order chi connectivity index (χ0) is 16.4. The van der Waals surface area contributed by atoms with E-state index >= 15 is 0 Å². The largest absolute Gasteiger partial charge is 0.497 e. The maximum Gasteiger partial charge on any atom is 0.281 e. The Morgan fingerprint density at radius 3 is 2.48 bits per heavy atom. The Balaban J connectivity index is 1.91. The summed E-state index contributed by atoms with van der Waals surface area (Å²) in [4.78, 5) is 14.2. The molecule has 1 aliphatic heterocycles. The molecule has 0 bridgehead atoms. The van der Waals surface area contributed by atoms with Crippen LogP contribution >= 0.6 is 12.2 Å². The molecule has 1 N–H and O–H groups in total. The van der Waals surface area contributed by atoms with Gasteiger partial charge >= 0.3 is 0 Å². The van der Waals surface area contributed by atoms with Crippen molar-refractivity contribution in [2.45, 2.75) is 6.92 Å². The third-order valence-electron chi connectivity index (χ3n) is 3.66. The topological polar surface area (TPSA) is 41.6 Å². The average Bonchev–Trinajstić information content (AvgIpc) is 2.83. The van der Waals surface area contributed by atoms with Gasteiger partial charge in [0.25, 0.3) is 5.91 Å². The zero-order valence-electron chi connectivity index (χ0n) is 12.9. The van der Waals surface area contributed by atoms with Gasteiger partial charge < -0.3 is 10.1 Å². The molecule has 2 aromatic rings. The number of carbonyl (C=O) groups is 1. The molecule has 1 aliphatic rings. The van der Waals surface area contributed by atoms with Gasteiger partial charge in [0.05, 0.1) is 12.8 Å². The number of hydrogen-bond acceptors (Lipinski definition) is 3. The van der Waals surface area contributed by atoms with Crippen molar-refractivity contribution in [1.82, 2.24) is 5.32 Å². The summed E-state index contributed by atoms with van der Waals surface area (Å²) in [5.41, 5.74) is 3.16. The summed E-state index contributed by atoms with van der Waals surface area (Å²) in [6, 6.07) is 15.1. The Bertz CT molecular complexity index is 797. The fourth-order valence-electron chi connectivity index (χ4n) is 2.43. The number of carbonyl (C=O) groups excluding carboxylic acids is 1. The summed E-state index contributed by atoms with van der Waals surface area (Å²) >= 11 is 5.33. The lowest BCUT2D eigenvalue weighted by molar-refractivity contribution is -0.113. The van der Waals surface area contributed by atoms with Crippen LogP contribution in [-0.2, 0) is 4.79 Å². The lowest BCUT2D eigenvalue weighted by Gasteiger charge is -2.16. The number of methoxy groups -OCH3 is 1. The molecule has 1 saturated heterocycles. The Morgan fingerprint density at radius 2 is 1.83 bits per heavy atom. The van der Waals surface area contributed by atoms with E-state index in [1.807, 2.05) is 55.5 Å². The fraction of sp³-hybridized carbons (Fsp3) is 0.111. The summed E-state index contributed by atoms with van der Waals surface area (Å²) < 4.78 is 5.13. The second-order valence-corrected chi connectivity index (χ2v) is 5.58. The summed E-state index contributed by atoms with van der Waals surface area (Å²) in [5.74, 6) is 0.620. The molecule has 0 aliphatic carbocycles. The number of thiocarbonyl (C=S) groups is 1. The summed E-state index contributed by atoms with van der Waals surface area (Å²) in [5, 5.41) is 3.39. The predicted octanol–water partition coefficient (Wildman–Crippen LogP) is 3.27. The molecule has 0 radical (unpaired) electrons. The van der Waals surface area contributed by atoms with Gasteiger partial charge in [0.2, 0.25) is 0 Å². The standard InChI is InChI=1S/C18H16N2O2S/c1-12-5-3-4-6-16(12)20-17(21)15(19-18(20)23)11-13-7-9-14(22-2)10-8-13/h3-11H,1-2H3,(H,19,23)/b15-11+. The number of aryl methyl sites for hydroxylation is 1. The Kier molecular flexibility index (Phi) is 4.12. The molecule has 1 heterocycles. The van der Waals surface area contributed by atoms with E-state index in [2.05, 4.69) is 5.32 Å². The van der Waals surface area contributed by atoms with E-state index < -0.39 is 0 Å². The number of nitrogens with zero attached hydrogens (tertiary/aromatic N) is 1. The normalized spacial score (nSPS) is 15.9. The quantitative estimate of drug-likeness (QED) is 0.695. The van der Waals surface area contributed by atoms with E-state index in [-0.39, 0.29) is 5.91 Å². The van der Waals surface area contributed by atoms with Crippen molar-refractivity contribution in [3.8, 4) is 5.75 Å². The molecule has 5 heteroatoms. The maximum absolute atomic E-state index is 12.7. The van der Waals surface area contributed by atoms with E-state index in [0.29, 0.717) is 10.8 Å². The van der Waals surface area contributed by atoms with Crippen molar-refractivity contribution in [3.63, 3.8) is 0 Å². The van der Waals surface area contributed by atoms with Gasteiger partial charge in [-0.25, -0.2) is 0 Å². The van der Waals surface area contributed by atoms with Gasteiger partial charge in [-0.1, -0.05) is 30.3 Å². The highest BCUT2D eigenvalue weighted by molar-refractivity contribution is 7.80. The first-order valence-corrected chi connectivity index (χ1v) is 7.58. The SMILES string of the molecule is COc1ccc(/C=C2/NC(=S)N(c3ccccc3C)C2=O)cc1. The van der Waals surface area contributed by atoms with Crippen LogP contribution in [0.3, 0.4) is 0 Å². The highest BCUT2D eigenvalue weighted by Gasteiger charge is 2.32. The molecule has 4 nitrogen and oxygen atoms in total. The Labute approximate surface area is 140 Å². The van der Waals surface area contributed by atoms with Crippen LogP contribution < -0.4 is 15.0 Å². The molecule has 23 heavy (non-hydrogen) atoms. The van der Waals surface area contributed by atoms with Gasteiger partial charge in [-0.3, -0.25) is 9.69 Å². The summed E-state index contributed by atoms with van der Waals surface area (Å²) in [7, 11) is 1.62. The van der Waals surface area contributed by atoms with Crippen molar-refractivity contribution in [2.24, 2.45) is 0 Å². The van der Waals surface area contributed by atoms with E-state index in [9.17, 15) is 4.79 Å². The molecule has 0 saturated carbocycles. The van der Waals surface area contributed by atoms with Crippen LogP contribution in [-0.4, -0.2) is 18.1 Å². The van der Waals surface area contributed by atoms with Gasteiger partial charge in [0.1, 0.15) is 11.4 Å². The van der Waals surface area contributed by atoms with Crippen LogP contribution in [0.5, 0.6) is 5.75 Å². The molecule has 3 rings (SSSR count). The predicted molar refractivity (Wildman–Crippen MR) is 95.4 cm³/mol. The highest BCUT2D eigenvalue weighted by atomic mass is 32.1. The number of nitrogens with one attached hydrogen (secondary N) is 1.